The van der Waals surface area contributed by atoms with E-state index in [0.717, 1.165) is 0 Å². The summed E-state index contributed by atoms with van der Waals surface area (Å²) in [5, 5.41) is 3.37. The van der Waals surface area contributed by atoms with Gasteiger partial charge in [0.2, 0.25) is 0 Å². The van der Waals surface area contributed by atoms with Crippen LogP contribution in [0, 0.1) is 0 Å². The number of fused-ring (bicyclic) bond motifs is 1. The third-order valence-corrected chi connectivity index (χ3v) is 9.79. The van der Waals surface area contributed by atoms with Crippen LogP contribution in [0.2, 0.25) is 13.1 Å². The van der Waals surface area contributed by atoms with Crippen LogP contribution >= 0.6 is 0 Å². The quantitative estimate of drug-likeness (QED) is 0.640. The predicted molar refractivity (Wildman–Crippen MR) is 104 cm³/mol. The number of hydrogen-bond donors (Lipinski definition) is 0. The van der Waals surface area contributed by atoms with Crippen LogP contribution in [0.3, 0.4) is 0 Å². The topological polar surface area (TPSA) is 0 Å². The highest BCUT2D eigenvalue weighted by atomic mass is 28.3. The van der Waals surface area contributed by atoms with Gasteiger partial charge in [-0.3, -0.25) is 0 Å². The van der Waals surface area contributed by atoms with Crippen molar-refractivity contribution >= 4 is 18.5 Å². The average Bonchev–Trinajstić information content (AvgIpc) is 2.97. The Labute approximate surface area is 141 Å². The van der Waals surface area contributed by atoms with Crippen molar-refractivity contribution in [3.8, 4) is 11.1 Å². The van der Waals surface area contributed by atoms with Gasteiger partial charge in [-0.25, -0.2) is 0 Å². The minimum Gasteiger partial charge on any atom is -0.0686 e. The third-order valence-electron chi connectivity index (χ3n) is 6.10. The summed E-state index contributed by atoms with van der Waals surface area (Å²) in [6.07, 6.45) is 2.37. The van der Waals surface area contributed by atoms with Crippen molar-refractivity contribution in [1.82, 2.24) is 0 Å². The monoisotopic (exact) mass is 318 g/mol. The van der Waals surface area contributed by atoms with Crippen molar-refractivity contribution in [3.05, 3.63) is 58.7 Å². The van der Waals surface area contributed by atoms with Gasteiger partial charge in [-0.05, 0) is 63.9 Å². The molecule has 0 fully saturated rings. The van der Waals surface area contributed by atoms with Crippen LogP contribution in [0.1, 0.15) is 49.8 Å². The van der Waals surface area contributed by atoms with Crippen molar-refractivity contribution in [2.24, 2.45) is 0 Å². The fourth-order valence-electron chi connectivity index (χ4n) is 4.68. The second kappa shape index (κ2) is 4.94. The van der Waals surface area contributed by atoms with Crippen LogP contribution in [0.5, 0.6) is 0 Å². The van der Waals surface area contributed by atoms with E-state index < -0.39 is 8.07 Å². The van der Waals surface area contributed by atoms with Gasteiger partial charge in [-0.15, -0.1) is 0 Å². The Morgan fingerprint density at radius 1 is 1.00 bits per heavy atom. The SMILES string of the molecule is CCC(C)c1ccc(-c2c3ccc4c2C(=C(C)C4)[Si]3(C)C)cc1. The van der Waals surface area contributed by atoms with E-state index in [4.69, 9.17) is 0 Å². The van der Waals surface area contributed by atoms with E-state index in [1.54, 1.807) is 32.6 Å². The van der Waals surface area contributed by atoms with Crippen LogP contribution in [-0.4, -0.2) is 8.07 Å². The Hall–Kier alpha value is -1.60. The summed E-state index contributed by atoms with van der Waals surface area (Å²) in [5.41, 5.74) is 9.23. The maximum absolute atomic E-state index is 2.53. The molecule has 0 amide bonds. The first kappa shape index (κ1) is 15.0. The van der Waals surface area contributed by atoms with E-state index >= 15 is 0 Å². The molecule has 1 heteroatoms. The first-order valence-electron chi connectivity index (χ1n) is 8.92. The zero-order chi connectivity index (χ0) is 16.4. The van der Waals surface area contributed by atoms with Gasteiger partial charge >= 0.3 is 0 Å². The fraction of sp³-hybridized carbons (Fsp3) is 0.364. The van der Waals surface area contributed by atoms with Gasteiger partial charge in [0, 0.05) is 0 Å². The molecule has 118 valence electrons. The molecular formula is C22H26Si. The van der Waals surface area contributed by atoms with Gasteiger partial charge in [-0.2, -0.15) is 0 Å². The van der Waals surface area contributed by atoms with Crippen molar-refractivity contribution in [2.45, 2.75) is 52.6 Å². The van der Waals surface area contributed by atoms with Crippen molar-refractivity contribution < 1.29 is 0 Å². The lowest BCUT2D eigenvalue weighted by Crippen LogP contribution is -2.39. The minimum absolute atomic E-state index is 0.652. The first-order valence-corrected chi connectivity index (χ1v) is 11.9. The molecule has 1 unspecified atom stereocenters. The molecule has 0 spiro atoms. The van der Waals surface area contributed by atoms with E-state index in [1.165, 1.54) is 24.0 Å². The lowest BCUT2D eigenvalue weighted by Gasteiger charge is -2.20. The Morgan fingerprint density at radius 2 is 1.70 bits per heavy atom. The van der Waals surface area contributed by atoms with E-state index in [-0.39, 0.29) is 0 Å². The summed E-state index contributed by atoms with van der Waals surface area (Å²) in [6, 6.07) is 14.2. The maximum Gasteiger partial charge on any atom is 0.113 e. The summed E-state index contributed by atoms with van der Waals surface area (Å²) in [7, 11) is -1.49. The molecule has 0 aromatic heterocycles. The van der Waals surface area contributed by atoms with Gasteiger partial charge in [0.25, 0.3) is 0 Å². The first-order chi connectivity index (χ1) is 10.9. The molecule has 2 aromatic rings. The molecule has 4 rings (SSSR count). The molecule has 2 aliphatic rings. The number of benzene rings is 2. The van der Waals surface area contributed by atoms with Crippen LogP contribution < -0.4 is 5.19 Å². The van der Waals surface area contributed by atoms with Gasteiger partial charge in [0.1, 0.15) is 8.07 Å². The molecule has 0 saturated carbocycles. The smallest absolute Gasteiger partial charge is 0.0686 e. The number of rotatable bonds is 3. The lowest BCUT2D eigenvalue weighted by molar-refractivity contribution is 0.734. The second-order valence-corrected chi connectivity index (χ2v) is 12.2. The molecule has 0 N–H and O–H groups in total. The molecule has 1 heterocycles. The predicted octanol–water partition coefficient (Wildman–Crippen LogP) is 5.66. The highest BCUT2D eigenvalue weighted by Crippen LogP contribution is 2.49. The molecule has 1 atom stereocenters. The van der Waals surface area contributed by atoms with E-state index in [2.05, 4.69) is 70.3 Å². The van der Waals surface area contributed by atoms with Crippen molar-refractivity contribution in [2.75, 3.05) is 0 Å². The fourth-order valence-corrected chi connectivity index (χ4v) is 8.41. The maximum atomic E-state index is 2.53. The summed E-state index contributed by atoms with van der Waals surface area (Å²) < 4.78 is 0. The Morgan fingerprint density at radius 3 is 2.35 bits per heavy atom. The molecule has 23 heavy (non-hydrogen) atoms. The van der Waals surface area contributed by atoms with Gasteiger partial charge in [0.05, 0.1) is 0 Å². The second-order valence-electron chi connectivity index (χ2n) is 7.91. The molecule has 0 radical (unpaired) electrons. The van der Waals surface area contributed by atoms with Crippen LogP contribution in [0.25, 0.3) is 16.3 Å². The standard InChI is InChI=1S/C22H26Si/c1-6-14(2)16-7-9-17(10-8-16)20-19-12-11-18-13-15(3)22(21(18)20)23(19,4)5/h7-12,14H,6,13H2,1-5H3. The van der Waals surface area contributed by atoms with Crippen molar-refractivity contribution in [3.63, 3.8) is 0 Å². The van der Waals surface area contributed by atoms with Crippen LogP contribution in [0.4, 0.5) is 0 Å². The average molecular weight is 319 g/mol. The summed E-state index contributed by atoms with van der Waals surface area (Å²) in [5.74, 6) is 0.652. The zero-order valence-corrected chi connectivity index (χ0v) is 16.0. The highest BCUT2D eigenvalue weighted by molar-refractivity contribution is 7.07. The molecule has 0 saturated heterocycles. The largest absolute Gasteiger partial charge is 0.113 e. The van der Waals surface area contributed by atoms with Gasteiger partial charge in [0.15, 0.2) is 0 Å². The molecular weight excluding hydrogens is 292 g/mol. The Bertz CT molecular complexity index is 822. The normalized spacial score (nSPS) is 18.7. The van der Waals surface area contributed by atoms with Crippen LogP contribution in [0.15, 0.2) is 42.0 Å². The number of hydrogen-bond acceptors (Lipinski definition) is 0. The zero-order valence-electron chi connectivity index (χ0n) is 15.0. The Kier molecular flexibility index (Phi) is 3.22. The van der Waals surface area contributed by atoms with Crippen molar-refractivity contribution in [1.29, 1.82) is 0 Å². The number of allylic oxidation sites excluding steroid dienone is 1. The lowest BCUT2D eigenvalue weighted by atomic mass is 9.93. The van der Waals surface area contributed by atoms with E-state index in [1.807, 2.05) is 0 Å². The third kappa shape index (κ3) is 1.96. The van der Waals surface area contributed by atoms with E-state index in [0.29, 0.717) is 5.92 Å². The van der Waals surface area contributed by atoms with Crippen LogP contribution in [-0.2, 0) is 6.42 Å². The molecule has 0 nitrogen and oxygen atoms in total. The van der Waals surface area contributed by atoms with Gasteiger partial charge in [-0.1, -0.05) is 68.9 Å². The summed E-state index contributed by atoms with van der Waals surface area (Å²) in [4.78, 5) is 0. The molecule has 1 aliphatic carbocycles. The van der Waals surface area contributed by atoms with Gasteiger partial charge < -0.3 is 0 Å². The summed E-state index contributed by atoms with van der Waals surface area (Å²) in [6.45, 7) is 12.0. The molecule has 1 aliphatic heterocycles. The highest BCUT2D eigenvalue weighted by Gasteiger charge is 2.44. The molecule has 2 bridgehead atoms. The minimum atomic E-state index is -1.49. The van der Waals surface area contributed by atoms with E-state index in [9.17, 15) is 0 Å². The summed E-state index contributed by atoms with van der Waals surface area (Å²) >= 11 is 0. The molecule has 2 aromatic carbocycles. The Balaban J connectivity index is 1.90.